The molecule has 0 bridgehead atoms. The summed E-state index contributed by atoms with van der Waals surface area (Å²) < 4.78 is 0. The molecule has 0 unspecified atom stereocenters. The fraction of sp³-hybridized carbons (Fsp3) is 0.0417. The number of hydrogen-bond acceptors (Lipinski definition) is 6. The molecule has 0 radical (unpaired) electrons. The third-order valence-electron chi connectivity index (χ3n) is 4.97. The summed E-state index contributed by atoms with van der Waals surface area (Å²) in [4.78, 5) is 17.6. The van der Waals surface area contributed by atoms with Gasteiger partial charge in [-0.15, -0.1) is 21.5 Å². The topological polar surface area (TPSA) is 93.8 Å². The summed E-state index contributed by atoms with van der Waals surface area (Å²) in [6.45, 7) is 0.245. The number of aromatic nitrogens is 5. The van der Waals surface area contributed by atoms with Crippen LogP contribution >= 0.6 is 22.9 Å². The average molecular weight is 474 g/mol. The Kier molecular flexibility index (Phi) is 5.68. The predicted octanol–water partition coefficient (Wildman–Crippen LogP) is 5.52. The van der Waals surface area contributed by atoms with Gasteiger partial charge in [0.25, 0.3) is 0 Å². The maximum atomic E-state index is 11.3. The van der Waals surface area contributed by atoms with Crippen LogP contribution in [0.25, 0.3) is 34.4 Å². The number of tetrazole rings is 1. The van der Waals surface area contributed by atoms with E-state index in [9.17, 15) is 9.90 Å². The van der Waals surface area contributed by atoms with Gasteiger partial charge in [0.1, 0.15) is 4.88 Å². The number of carbonyl (C=O) groups is 1. The number of rotatable bonds is 6. The summed E-state index contributed by atoms with van der Waals surface area (Å²) in [5.74, 6) is -0.486. The van der Waals surface area contributed by atoms with Gasteiger partial charge in [-0.3, -0.25) is 0 Å². The molecule has 0 saturated heterocycles. The van der Waals surface area contributed by atoms with Crippen LogP contribution in [-0.4, -0.2) is 36.3 Å². The smallest absolute Gasteiger partial charge is 0.346 e. The Bertz CT molecular complexity index is 1510. The number of pyridine rings is 1. The number of thiophene rings is 1. The zero-order valence-electron chi connectivity index (χ0n) is 17.1. The van der Waals surface area contributed by atoms with E-state index in [1.165, 1.54) is 16.1 Å². The number of aromatic carboxylic acids is 1. The van der Waals surface area contributed by atoms with Crippen LogP contribution in [0, 0.1) is 0 Å². The fourth-order valence-electron chi connectivity index (χ4n) is 3.39. The molecule has 0 aliphatic rings. The third-order valence-corrected chi connectivity index (χ3v) is 6.15. The number of hydrogen-bond donors (Lipinski definition) is 1. The standard InChI is InChI=1S/C24H16ClN5O2S/c25-19-7-5-16-6-9-20(26-21(16)13-19)8-4-15-2-1-3-17(12-15)23-27-29-30(28-23)14-18-10-11-33-22(18)24(31)32/h1-13H,14H2,(H,31,32)/b8-4+. The van der Waals surface area contributed by atoms with Crippen molar-refractivity contribution in [3.05, 3.63) is 92.8 Å². The Morgan fingerprint density at radius 3 is 2.85 bits per heavy atom. The minimum atomic E-state index is -0.955. The molecule has 2 aromatic carbocycles. The van der Waals surface area contributed by atoms with Crippen molar-refractivity contribution in [2.24, 2.45) is 0 Å². The zero-order chi connectivity index (χ0) is 22.8. The van der Waals surface area contributed by atoms with Crippen molar-refractivity contribution in [1.29, 1.82) is 0 Å². The second-order valence-corrected chi connectivity index (χ2v) is 8.61. The van der Waals surface area contributed by atoms with Crippen molar-refractivity contribution in [3.63, 3.8) is 0 Å². The van der Waals surface area contributed by atoms with Crippen LogP contribution < -0.4 is 0 Å². The van der Waals surface area contributed by atoms with E-state index in [2.05, 4.69) is 20.4 Å². The number of benzene rings is 2. The molecule has 0 amide bonds. The summed E-state index contributed by atoms with van der Waals surface area (Å²) in [6.07, 6.45) is 3.91. The molecule has 5 aromatic rings. The molecule has 162 valence electrons. The van der Waals surface area contributed by atoms with Gasteiger partial charge in [-0.25, -0.2) is 9.78 Å². The number of carboxylic acids is 1. The van der Waals surface area contributed by atoms with Crippen molar-refractivity contribution in [2.45, 2.75) is 6.54 Å². The summed E-state index contributed by atoms with van der Waals surface area (Å²) in [7, 11) is 0. The van der Waals surface area contributed by atoms with Crippen molar-refractivity contribution in [1.82, 2.24) is 25.2 Å². The van der Waals surface area contributed by atoms with Gasteiger partial charge in [-0.1, -0.05) is 48.0 Å². The lowest BCUT2D eigenvalue weighted by atomic mass is 10.1. The van der Waals surface area contributed by atoms with Gasteiger partial charge in [0.05, 0.1) is 17.8 Å². The van der Waals surface area contributed by atoms with Gasteiger partial charge in [-0.05, 0) is 52.6 Å². The summed E-state index contributed by atoms with van der Waals surface area (Å²) in [5, 5.41) is 25.3. The van der Waals surface area contributed by atoms with Crippen molar-refractivity contribution in [3.8, 4) is 11.4 Å². The highest BCUT2D eigenvalue weighted by molar-refractivity contribution is 7.12. The van der Waals surface area contributed by atoms with Crippen LogP contribution in [0.4, 0.5) is 0 Å². The first-order chi connectivity index (χ1) is 16.0. The molecule has 1 N–H and O–H groups in total. The molecule has 7 nitrogen and oxygen atoms in total. The third kappa shape index (κ3) is 4.67. The SMILES string of the molecule is O=C(O)c1sccc1Cn1nnc(-c2cccc(/C=C/c3ccc4ccc(Cl)cc4n3)c2)n1. The average Bonchev–Trinajstić information content (AvgIpc) is 3.48. The van der Waals surface area contributed by atoms with Gasteiger partial charge in [0.2, 0.25) is 5.82 Å². The largest absolute Gasteiger partial charge is 0.477 e. The van der Waals surface area contributed by atoms with Crippen LogP contribution in [0.5, 0.6) is 0 Å². The van der Waals surface area contributed by atoms with Crippen LogP contribution in [0.3, 0.4) is 0 Å². The Balaban J connectivity index is 1.35. The molecule has 5 rings (SSSR count). The molecule has 9 heteroatoms. The molecule has 0 spiro atoms. The summed E-state index contributed by atoms with van der Waals surface area (Å²) >= 11 is 7.26. The van der Waals surface area contributed by atoms with E-state index in [4.69, 9.17) is 11.6 Å². The van der Waals surface area contributed by atoms with Crippen molar-refractivity contribution < 1.29 is 9.90 Å². The highest BCUT2D eigenvalue weighted by Crippen LogP contribution is 2.21. The molecule has 0 saturated carbocycles. The second kappa shape index (κ2) is 8.93. The molecule has 3 heterocycles. The van der Waals surface area contributed by atoms with E-state index >= 15 is 0 Å². The highest BCUT2D eigenvalue weighted by atomic mass is 35.5. The van der Waals surface area contributed by atoms with Crippen molar-refractivity contribution >= 4 is 52.0 Å². The number of fused-ring (bicyclic) bond motifs is 1. The lowest BCUT2D eigenvalue weighted by Crippen LogP contribution is -2.07. The number of halogens is 1. The van der Waals surface area contributed by atoms with Crippen molar-refractivity contribution in [2.75, 3.05) is 0 Å². The summed E-state index contributed by atoms with van der Waals surface area (Å²) in [6, 6.07) is 19.1. The highest BCUT2D eigenvalue weighted by Gasteiger charge is 2.14. The van der Waals surface area contributed by atoms with E-state index in [1.54, 1.807) is 11.4 Å². The van der Waals surface area contributed by atoms with Crippen LogP contribution in [0.1, 0.15) is 26.5 Å². The molecular weight excluding hydrogens is 458 g/mol. The van der Waals surface area contributed by atoms with Gasteiger partial charge >= 0.3 is 5.97 Å². The molecule has 0 atom stereocenters. The predicted molar refractivity (Wildman–Crippen MR) is 129 cm³/mol. The first-order valence-corrected chi connectivity index (χ1v) is 11.2. The maximum absolute atomic E-state index is 11.3. The summed E-state index contributed by atoms with van der Waals surface area (Å²) in [5.41, 5.74) is 4.09. The lowest BCUT2D eigenvalue weighted by Gasteiger charge is -2.01. The Labute approximate surface area is 197 Å². The van der Waals surface area contributed by atoms with Gasteiger partial charge in [-0.2, -0.15) is 4.80 Å². The molecular formula is C24H16ClN5O2S. The monoisotopic (exact) mass is 473 g/mol. The molecule has 3 aromatic heterocycles. The Hall–Kier alpha value is -3.88. The van der Waals surface area contributed by atoms with Crippen LogP contribution in [0.15, 0.2) is 66.0 Å². The zero-order valence-corrected chi connectivity index (χ0v) is 18.7. The van der Waals surface area contributed by atoms with Gasteiger partial charge in [0, 0.05) is 21.5 Å². The van der Waals surface area contributed by atoms with E-state index in [1.807, 2.05) is 66.7 Å². The Morgan fingerprint density at radius 2 is 1.97 bits per heavy atom. The normalized spacial score (nSPS) is 11.4. The Morgan fingerprint density at radius 1 is 1.09 bits per heavy atom. The number of carboxylic acid groups (broad SMARTS) is 1. The molecule has 33 heavy (non-hydrogen) atoms. The minimum Gasteiger partial charge on any atom is -0.477 e. The first-order valence-electron chi connectivity index (χ1n) is 9.97. The van der Waals surface area contributed by atoms with Gasteiger partial charge in [0.15, 0.2) is 0 Å². The molecule has 0 aliphatic carbocycles. The van der Waals surface area contributed by atoms with Crippen LogP contribution in [0.2, 0.25) is 5.02 Å². The number of nitrogens with zero attached hydrogens (tertiary/aromatic N) is 5. The molecule has 0 fully saturated rings. The first kappa shape index (κ1) is 21.0. The van der Waals surface area contributed by atoms with Gasteiger partial charge < -0.3 is 5.11 Å². The fourth-order valence-corrected chi connectivity index (χ4v) is 4.31. The minimum absolute atomic E-state index is 0.245. The van der Waals surface area contributed by atoms with E-state index in [0.717, 1.165) is 27.7 Å². The molecule has 0 aliphatic heterocycles. The maximum Gasteiger partial charge on any atom is 0.346 e. The van der Waals surface area contributed by atoms with Crippen LogP contribution in [-0.2, 0) is 6.54 Å². The lowest BCUT2D eigenvalue weighted by molar-refractivity contribution is 0.0701. The quantitative estimate of drug-likeness (QED) is 0.349. The van der Waals surface area contributed by atoms with E-state index in [-0.39, 0.29) is 11.4 Å². The van der Waals surface area contributed by atoms with E-state index in [0.29, 0.717) is 16.4 Å². The van der Waals surface area contributed by atoms with E-state index < -0.39 is 5.97 Å². The second-order valence-electron chi connectivity index (χ2n) is 7.26.